The van der Waals surface area contributed by atoms with Gasteiger partial charge in [-0.3, -0.25) is 0 Å². The summed E-state index contributed by atoms with van der Waals surface area (Å²) in [6.07, 6.45) is 0. The highest BCUT2D eigenvalue weighted by Gasteiger charge is 2.22. The highest BCUT2D eigenvalue weighted by molar-refractivity contribution is 6.88. The van der Waals surface area contributed by atoms with Crippen molar-refractivity contribution in [3.63, 3.8) is 0 Å². The first-order valence-electron chi connectivity index (χ1n) is 26.6. The van der Waals surface area contributed by atoms with Crippen LogP contribution < -0.4 is 5.19 Å². The van der Waals surface area contributed by atoms with Crippen LogP contribution in [0.1, 0.15) is 0 Å². The molecule has 0 saturated carbocycles. The Morgan fingerprint density at radius 2 is 0.553 bits per heavy atom. The summed E-state index contributed by atoms with van der Waals surface area (Å²) in [7, 11) is -1.40. The number of hydrogen-bond acceptors (Lipinski definition) is 0. The summed E-state index contributed by atoms with van der Waals surface area (Å²) < 4.78 is 0. The number of hydrogen-bond donors (Lipinski definition) is 0. The Morgan fingerprint density at radius 1 is 0.197 bits per heavy atom. The molecular formula is C75H54Si. The first-order chi connectivity index (χ1) is 37.3. The molecule has 0 radical (unpaired) electrons. The van der Waals surface area contributed by atoms with Gasteiger partial charge >= 0.3 is 0 Å². The van der Waals surface area contributed by atoms with E-state index in [-0.39, 0.29) is 0 Å². The van der Waals surface area contributed by atoms with Gasteiger partial charge in [0.1, 0.15) is 0 Å². The Balaban J connectivity index is 0.979. The van der Waals surface area contributed by atoms with Crippen LogP contribution in [0.25, 0.3) is 143 Å². The molecule has 0 aromatic heterocycles. The van der Waals surface area contributed by atoms with Crippen molar-refractivity contribution in [3.8, 4) is 77.9 Å². The fraction of sp³-hybridized carbons (Fsp3) is 0.0400. The molecule has 14 aromatic rings. The van der Waals surface area contributed by atoms with Crippen LogP contribution in [0.3, 0.4) is 0 Å². The summed E-state index contributed by atoms with van der Waals surface area (Å²) in [5.74, 6) is 0. The van der Waals surface area contributed by atoms with Crippen molar-refractivity contribution in [3.05, 3.63) is 273 Å². The van der Waals surface area contributed by atoms with E-state index >= 15 is 0 Å². The van der Waals surface area contributed by atoms with Crippen LogP contribution in [-0.4, -0.2) is 8.07 Å². The van der Waals surface area contributed by atoms with Crippen LogP contribution in [0, 0.1) is 0 Å². The van der Waals surface area contributed by atoms with Gasteiger partial charge in [-0.25, -0.2) is 0 Å². The van der Waals surface area contributed by atoms with Gasteiger partial charge in [0, 0.05) is 0 Å². The van der Waals surface area contributed by atoms with Gasteiger partial charge in [0.25, 0.3) is 0 Å². The van der Waals surface area contributed by atoms with E-state index in [1.807, 2.05) is 0 Å². The van der Waals surface area contributed by atoms with Gasteiger partial charge in [-0.05, 0) is 161 Å². The number of rotatable bonds is 8. The minimum atomic E-state index is -1.40. The summed E-state index contributed by atoms with van der Waals surface area (Å²) in [4.78, 5) is 0. The number of fused-ring (bicyclic) bond motifs is 6. The van der Waals surface area contributed by atoms with Gasteiger partial charge in [0.15, 0.2) is 0 Å². The third kappa shape index (κ3) is 7.82. The highest BCUT2D eigenvalue weighted by atomic mass is 28.3. The molecule has 0 nitrogen and oxygen atoms in total. The molecule has 76 heavy (non-hydrogen) atoms. The third-order valence-electron chi connectivity index (χ3n) is 16.0. The van der Waals surface area contributed by atoms with Crippen LogP contribution in [-0.2, 0) is 0 Å². The SMILES string of the molecule is C[Si](C)(C)c1ccc(-c2ccc(-c3c4ccccc4c(-c4ccccc4)c4cc(-c5ccc6c(-c7ccc(-c8ccc9ccccc9c8)cc7)c7ccccc7c(-c7cccc8ccccc78)c6c5)ccc34)cc2)cc1. The Kier molecular flexibility index (Phi) is 11.0. The van der Waals surface area contributed by atoms with E-state index in [1.165, 1.54) is 148 Å². The Hall–Kier alpha value is -9.14. The molecule has 0 N–H and O–H groups in total. The lowest BCUT2D eigenvalue weighted by Crippen LogP contribution is -2.37. The average Bonchev–Trinajstić information content (AvgIpc) is 3.50. The van der Waals surface area contributed by atoms with Gasteiger partial charge < -0.3 is 0 Å². The molecule has 0 aliphatic carbocycles. The maximum atomic E-state index is 2.48. The molecule has 1 heteroatoms. The summed E-state index contributed by atoms with van der Waals surface area (Å²) in [5, 5.41) is 16.4. The number of benzene rings is 14. The maximum absolute atomic E-state index is 2.48. The first-order valence-corrected chi connectivity index (χ1v) is 30.1. The van der Waals surface area contributed by atoms with E-state index < -0.39 is 8.07 Å². The third-order valence-corrected chi connectivity index (χ3v) is 18.1. The normalized spacial score (nSPS) is 11.9. The molecule has 0 aliphatic heterocycles. The minimum Gasteiger partial charge on any atom is -0.0656 e. The van der Waals surface area contributed by atoms with Crippen LogP contribution in [0.2, 0.25) is 19.6 Å². The molecule has 0 unspecified atom stereocenters. The molecule has 0 amide bonds. The van der Waals surface area contributed by atoms with Gasteiger partial charge in [0.2, 0.25) is 0 Å². The molecular weight excluding hydrogens is 929 g/mol. The lowest BCUT2D eigenvalue weighted by Gasteiger charge is -2.21. The Bertz CT molecular complexity index is 4550. The molecule has 0 aliphatic rings. The molecule has 0 spiro atoms. The van der Waals surface area contributed by atoms with E-state index in [9.17, 15) is 0 Å². The summed E-state index contributed by atoms with van der Waals surface area (Å²) >= 11 is 0. The van der Waals surface area contributed by atoms with Gasteiger partial charge in [-0.2, -0.15) is 0 Å². The lowest BCUT2D eigenvalue weighted by atomic mass is 9.82. The van der Waals surface area contributed by atoms with Gasteiger partial charge in [0.05, 0.1) is 8.07 Å². The molecule has 0 atom stereocenters. The smallest absolute Gasteiger partial charge is 0.0656 e. The zero-order valence-electron chi connectivity index (χ0n) is 43.0. The summed E-state index contributed by atoms with van der Waals surface area (Å²) in [5.41, 5.74) is 17.2. The second-order valence-electron chi connectivity index (χ2n) is 21.5. The molecule has 0 saturated heterocycles. The first kappa shape index (κ1) is 45.5. The summed E-state index contributed by atoms with van der Waals surface area (Å²) in [6.45, 7) is 7.23. The zero-order valence-corrected chi connectivity index (χ0v) is 44.0. The molecule has 0 fully saturated rings. The van der Waals surface area contributed by atoms with Crippen LogP contribution in [0.4, 0.5) is 0 Å². The second kappa shape index (κ2) is 18.4. The van der Waals surface area contributed by atoms with Crippen LogP contribution >= 0.6 is 0 Å². The van der Waals surface area contributed by atoms with E-state index in [0.717, 1.165) is 0 Å². The van der Waals surface area contributed by atoms with Crippen molar-refractivity contribution in [1.29, 1.82) is 0 Å². The largest absolute Gasteiger partial charge is 0.0775 e. The molecule has 14 rings (SSSR count). The standard InChI is InChI=1S/C75H54Si/c1-76(2,3)61-42-38-51(39-43-61)50-28-33-55(34-29-50)72-64-23-11-12-24-65(64)74(54-18-5-4-6-19-54)70-47-59(40-44-68(70)72)60-41-45-69-71(48-60)75(63-27-15-21-53-17-9-10-22-62(53)63)67-26-14-13-25-66(67)73(69)56-35-30-52(31-36-56)58-37-32-49-16-7-8-20-57(49)46-58/h4-48H,1-3H3. The minimum absolute atomic E-state index is 1.18. The Morgan fingerprint density at radius 3 is 1.12 bits per heavy atom. The molecule has 0 bridgehead atoms. The molecule has 358 valence electrons. The van der Waals surface area contributed by atoms with Gasteiger partial charge in [-0.1, -0.05) is 280 Å². The average molecular weight is 983 g/mol. The fourth-order valence-corrected chi connectivity index (χ4v) is 13.3. The van der Waals surface area contributed by atoms with Crippen molar-refractivity contribution >= 4 is 77.9 Å². The van der Waals surface area contributed by atoms with Crippen LogP contribution in [0.15, 0.2) is 273 Å². The van der Waals surface area contributed by atoms with Crippen molar-refractivity contribution in [2.24, 2.45) is 0 Å². The zero-order chi connectivity index (χ0) is 50.9. The monoisotopic (exact) mass is 982 g/mol. The molecule has 14 aromatic carbocycles. The topological polar surface area (TPSA) is 0 Å². The second-order valence-corrected chi connectivity index (χ2v) is 26.6. The Labute approximate surface area is 445 Å². The van der Waals surface area contributed by atoms with E-state index in [0.29, 0.717) is 0 Å². The van der Waals surface area contributed by atoms with Crippen molar-refractivity contribution in [2.45, 2.75) is 19.6 Å². The highest BCUT2D eigenvalue weighted by Crippen LogP contribution is 2.49. The van der Waals surface area contributed by atoms with Crippen molar-refractivity contribution in [2.75, 3.05) is 0 Å². The molecule has 0 heterocycles. The fourth-order valence-electron chi connectivity index (χ4n) is 12.2. The van der Waals surface area contributed by atoms with E-state index in [2.05, 4.69) is 293 Å². The van der Waals surface area contributed by atoms with Gasteiger partial charge in [-0.15, -0.1) is 0 Å². The van der Waals surface area contributed by atoms with E-state index in [4.69, 9.17) is 0 Å². The predicted octanol–water partition coefficient (Wildman–Crippen LogP) is 20.8. The van der Waals surface area contributed by atoms with Crippen LogP contribution in [0.5, 0.6) is 0 Å². The lowest BCUT2D eigenvalue weighted by molar-refractivity contribution is 1.61. The quantitative estimate of drug-likeness (QED) is 0.105. The van der Waals surface area contributed by atoms with Crippen molar-refractivity contribution < 1.29 is 0 Å². The van der Waals surface area contributed by atoms with Crippen molar-refractivity contribution in [1.82, 2.24) is 0 Å². The predicted molar refractivity (Wildman–Crippen MR) is 333 cm³/mol. The maximum Gasteiger partial charge on any atom is 0.0775 e. The van der Waals surface area contributed by atoms with E-state index in [1.54, 1.807) is 0 Å². The summed E-state index contributed by atoms with van der Waals surface area (Å²) in [6, 6.07) is 102.